The second-order valence-electron chi connectivity index (χ2n) is 7.51. The zero-order valence-electron chi connectivity index (χ0n) is 17.3. The molecule has 4 nitrogen and oxygen atoms in total. The van der Waals surface area contributed by atoms with Crippen molar-refractivity contribution in [1.29, 1.82) is 0 Å². The Hall–Kier alpha value is -1.62. The second-order valence-corrected chi connectivity index (χ2v) is 8.31. The number of hydrogen-bond acceptors (Lipinski definition) is 2. The summed E-state index contributed by atoms with van der Waals surface area (Å²) in [4.78, 5) is 12.8. The molecule has 0 aliphatic carbocycles. The third-order valence-corrected chi connectivity index (χ3v) is 6.58. The number of aryl methyl sites for hydroxylation is 1. The SMILES string of the molecule is CCC(C)c1ccc(C(CC)NC(=O)C(C)Cn2nc(C)c(Br)c2C)cc1. The van der Waals surface area contributed by atoms with Gasteiger partial charge in [-0.3, -0.25) is 9.48 Å². The fourth-order valence-corrected chi connectivity index (χ4v) is 3.51. The topological polar surface area (TPSA) is 46.9 Å². The number of benzene rings is 1. The van der Waals surface area contributed by atoms with Crippen molar-refractivity contribution in [2.75, 3.05) is 0 Å². The van der Waals surface area contributed by atoms with E-state index in [2.05, 4.69) is 71.4 Å². The largest absolute Gasteiger partial charge is 0.349 e. The van der Waals surface area contributed by atoms with Crippen molar-refractivity contribution in [3.63, 3.8) is 0 Å². The number of aromatic nitrogens is 2. The van der Waals surface area contributed by atoms with Crippen LogP contribution in [0.1, 0.15) is 75.0 Å². The Morgan fingerprint density at radius 1 is 1.11 bits per heavy atom. The molecule has 0 aliphatic rings. The molecular formula is C22H32BrN3O. The van der Waals surface area contributed by atoms with Gasteiger partial charge in [0, 0.05) is 5.69 Å². The van der Waals surface area contributed by atoms with Crippen molar-refractivity contribution < 1.29 is 4.79 Å². The highest BCUT2D eigenvalue weighted by Gasteiger charge is 2.20. The molecule has 1 amide bonds. The number of carbonyl (C=O) groups is 1. The minimum atomic E-state index is -0.150. The van der Waals surface area contributed by atoms with Crippen molar-refractivity contribution in [1.82, 2.24) is 15.1 Å². The van der Waals surface area contributed by atoms with E-state index in [-0.39, 0.29) is 17.9 Å². The van der Waals surface area contributed by atoms with Crippen molar-refractivity contribution in [2.24, 2.45) is 5.92 Å². The maximum absolute atomic E-state index is 12.8. The van der Waals surface area contributed by atoms with Gasteiger partial charge < -0.3 is 5.32 Å². The summed E-state index contributed by atoms with van der Waals surface area (Å²) in [6, 6.07) is 8.72. The van der Waals surface area contributed by atoms with Crippen LogP contribution in [-0.2, 0) is 11.3 Å². The van der Waals surface area contributed by atoms with Gasteiger partial charge >= 0.3 is 0 Å². The lowest BCUT2D eigenvalue weighted by Crippen LogP contribution is -2.34. The molecule has 3 unspecified atom stereocenters. The molecule has 0 radical (unpaired) electrons. The first-order chi connectivity index (χ1) is 12.8. The van der Waals surface area contributed by atoms with Crippen molar-refractivity contribution in [3.05, 3.63) is 51.3 Å². The van der Waals surface area contributed by atoms with Gasteiger partial charge in [-0.25, -0.2) is 0 Å². The zero-order chi connectivity index (χ0) is 20.1. The van der Waals surface area contributed by atoms with Crippen LogP contribution in [-0.4, -0.2) is 15.7 Å². The summed E-state index contributed by atoms with van der Waals surface area (Å²) in [5.41, 5.74) is 4.53. The normalized spacial score (nSPS) is 14.6. The standard InChI is InChI=1S/C22H32BrN3O/c1-7-14(3)18-9-11-19(12-10-18)20(8-2)24-22(27)15(4)13-26-17(6)21(23)16(5)25-26/h9-12,14-15,20H,7-8,13H2,1-6H3,(H,24,27). The minimum Gasteiger partial charge on any atom is -0.349 e. The third-order valence-electron chi connectivity index (χ3n) is 5.43. The van der Waals surface area contributed by atoms with E-state index < -0.39 is 0 Å². The lowest BCUT2D eigenvalue weighted by atomic mass is 9.95. The van der Waals surface area contributed by atoms with Gasteiger partial charge in [0.2, 0.25) is 5.91 Å². The van der Waals surface area contributed by atoms with Crippen LogP contribution in [0.25, 0.3) is 0 Å². The number of hydrogen-bond donors (Lipinski definition) is 1. The first-order valence-electron chi connectivity index (χ1n) is 9.88. The van der Waals surface area contributed by atoms with E-state index in [1.54, 1.807) is 0 Å². The number of amides is 1. The number of nitrogens with zero attached hydrogens (tertiary/aromatic N) is 2. The predicted octanol–water partition coefficient (Wildman–Crippen LogP) is 5.68. The average molecular weight is 434 g/mol. The van der Waals surface area contributed by atoms with Crippen molar-refractivity contribution in [3.8, 4) is 0 Å². The van der Waals surface area contributed by atoms with Crippen LogP contribution >= 0.6 is 15.9 Å². The fourth-order valence-electron chi connectivity index (χ4n) is 3.22. The summed E-state index contributed by atoms with van der Waals surface area (Å²) >= 11 is 3.55. The van der Waals surface area contributed by atoms with Gasteiger partial charge in [-0.05, 0) is 59.7 Å². The maximum Gasteiger partial charge on any atom is 0.225 e. The molecule has 0 bridgehead atoms. The van der Waals surface area contributed by atoms with Gasteiger partial charge in [-0.15, -0.1) is 0 Å². The van der Waals surface area contributed by atoms with Crippen LogP contribution in [0, 0.1) is 19.8 Å². The van der Waals surface area contributed by atoms with Crippen molar-refractivity contribution in [2.45, 2.75) is 72.9 Å². The molecule has 1 N–H and O–H groups in total. The lowest BCUT2D eigenvalue weighted by molar-refractivity contribution is -0.125. The first-order valence-corrected chi connectivity index (χ1v) is 10.7. The quantitative estimate of drug-likeness (QED) is 0.581. The summed E-state index contributed by atoms with van der Waals surface area (Å²) in [5, 5.41) is 7.73. The average Bonchev–Trinajstić information content (AvgIpc) is 2.92. The van der Waals surface area contributed by atoms with E-state index in [1.807, 2.05) is 25.5 Å². The molecule has 0 spiro atoms. The highest BCUT2D eigenvalue weighted by Crippen LogP contribution is 2.24. The molecule has 5 heteroatoms. The zero-order valence-corrected chi connectivity index (χ0v) is 18.9. The van der Waals surface area contributed by atoms with Crippen LogP contribution in [0.15, 0.2) is 28.7 Å². The number of halogens is 1. The van der Waals surface area contributed by atoms with Gasteiger partial charge in [0.1, 0.15) is 0 Å². The molecular weight excluding hydrogens is 402 g/mol. The molecule has 0 fully saturated rings. The Balaban J connectivity index is 2.04. The Kier molecular flexibility index (Phi) is 7.66. The number of nitrogens with one attached hydrogen (secondary N) is 1. The number of carbonyl (C=O) groups excluding carboxylic acids is 1. The molecule has 1 aromatic heterocycles. The van der Waals surface area contributed by atoms with Crippen LogP contribution in [0.5, 0.6) is 0 Å². The monoisotopic (exact) mass is 433 g/mol. The third kappa shape index (κ3) is 5.22. The molecule has 3 atom stereocenters. The maximum atomic E-state index is 12.8. The smallest absolute Gasteiger partial charge is 0.225 e. The van der Waals surface area contributed by atoms with Crippen molar-refractivity contribution >= 4 is 21.8 Å². The highest BCUT2D eigenvalue weighted by atomic mass is 79.9. The van der Waals surface area contributed by atoms with Gasteiger partial charge in [0.25, 0.3) is 0 Å². The minimum absolute atomic E-state index is 0.0399. The summed E-state index contributed by atoms with van der Waals surface area (Å²) in [6.45, 7) is 13.1. The fraction of sp³-hybridized carbons (Fsp3) is 0.545. The lowest BCUT2D eigenvalue weighted by Gasteiger charge is -2.21. The summed E-state index contributed by atoms with van der Waals surface area (Å²) in [7, 11) is 0. The van der Waals surface area contributed by atoms with E-state index >= 15 is 0 Å². The molecule has 0 aliphatic heterocycles. The number of rotatable bonds is 8. The summed E-state index contributed by atoms with van der Waals surface area (Å²) in [5.74, 6) is 0.480. The van der Waals surface area contributed by atoms with Crippen LogP contribution in [0.3, 0.4) is 0 Å². The summed E-state index contributed by atoms with van der Waals surface area (Å²) < 4.78 is 2.92. The molecule has 2 aromatic rings. The van der Waals surface area contributed by atoms with Crippen LogP contribution in [0.2, 0.25) is 0 Å². The van der Waals surface area contributed by atoms with Gasteiger partial charge in [-0.2, -0.15) is 5.10 Å². The van der Waals surface area contributed by atoms with Gasteiger partial charge in [-0.1, -0.05) is 52.0 Å². The Morgan fingerprint density at radius 3 is 2.19 bits per heavy atom. The van der Waals surface area contributed by atoms with Gasteiger partial charge in [0.15, 0.2) is 0 Å². The van der Waals surface area contributed by atoms with Crippen LogP contribution < -0.4 is 5.32 Å². The molecule has 0 saturated heterocycles. The Bertz CT molecular complexity index is 767. The molecule has 27 heavy (non-hydrogen) atoms. The molecule has 0 saturated carbocycles. The van der Waals surface area contributed by atoms with Gasteiger partial charge in [0.05, 0.1) is 28.7 Å². The molecule has 148 valence electrons. The molecule has 1 heterocycles. The van der Waals surface area contributed by atoms with E-state index in [0.717, 1.165) is 28.7 Å². The summed E-state index contributed by atoms with van der Waals surface area (Å²) in [6.07, 6.45) is 2.00. The van der Waals surface area contributed by atoms with E-state index in [9.17, 15) is 4.79 Å². The molecule has 2 rings (SSSR count). The Morgan fingerprint density at radius 2 is 1.70 bits per heavy atom. The van der Waals surface area contributed by atoms with E-state index in [0.29, 0.717) is 12.5 Å². The first kappa shape index (κ1) is 21.7. The highest BCUT2D eigenvalue weighted by molar-refractivity contribution is 9.10. The van der Waals surface area contributed by atoms with E-state index in [4.69, 9.17) is 0 Å². The van der Waals surface area contributed by atoms with Crippen LogP contribution in [0.4, 0.5) is 0 Å². The second kappa shape index (κ2) is 9.54. The van der Waals surface area contributed by atoms with E-state index in [1.165, 1.54) is 11.1 Å². The molecule has 1 aromatic carbocycles. The Labute approximate surface area is 171 Å². The predicted molar refractivity (Wildman–Crippen MR) is 115 cm³/mol.